The van der Waals surface area contributed by atoms with Crippen molar-refractivity contribution < 1.29 is 14.0 Å². The molecule has 0 bridgehead atoms. The van der Waals surface area contributed by atoms with Crippen LogP contribution in [0.1, 0.15) is 18.5 Å². The zero-order chi connectivity index (χ0) is 14.0. The molecule has 102 valence electrons. The number of pyridine rings is 1. The molecule has 2 aromatic heterocycles. The Balaban J connectivity index is 2.55. The fourth-order valence-corrected chi connectivity index (χ4v) is 2.27. The number of rotatable bonds is 4. The largest absolute Gasteiger partial charge is 0.461 e. The van der Waals surface area contributed by atoms with E-state index in [2.05, 4.69) is 4.98 Å². The summed E-state index contributed by atoms with van der Waals surface area (Å²) in [6.07, 6.45) is 5.52. The summed E-state index contributed by atoms with van der Waals surface area (Å²) in [6, 6.07) is 3.48. The minimum atomic E-state index is -0.383. The van der Waals surface area contributed by atoms with Crippen molar-refractivity contribution in [3.63, 3.8) is 0 Å². The average Bonchev–Trinajstić information content (AvgIpc) is 2.76. The van der Waals surface area contributed by atoms with E-state index in [1.165, 1.54) is 0 Å². The van der Waals surface area contributed by atoms with Crippen molar-refractivity contribution in [3.05, 3.63) is 36.3 Å². The number of aromatic nitrogens is 2. The molecule has 0 aliphatic heterocycles. The Kier molecular flexibility index (Phi) is 3.57. The van der Waals surface area contributed by atoms with Gasteiger partial charge < -0.3 is 13.6 Å². The molecule has 0 saturated carbocycles. The van der Waals surface area contributed by atoms with Gasteiger partial charge in [-0.3, -0.25) is 0 Å². The standard InChI is InChI=1S/C14H20N3O2/c1-5-19-14(18)12(17(2,3)4)11-7-6-9-16-10-8-15-13(11)16/h6-10,12H,5H2,1-4H3/q+1. The molecule has 0 N–H and O–H groups in total. The van der Waals surface area contributed by atoms with E-state index in [0.29, 0.717) is 11.1 Å². The topological polar surface area (TPSA) is 43.6 Å². The first-order chi connectivity index (χ1) is 8.95. The summed E-state index contributed by atoms with van der Waals surface area (Å²) in [4.78, 5) is 16.6. The molecule has 0 saturated heterocycles. The fraction of sp³-hybridized carbons (Fsp3) is 0.429. The lowest BCUT2D eigenvalue weighted by Gasteiger charge is -2.32. The lowest BCUT2D eigenvalue weighted by atomic mass is 10.1. The van der Waals surface area contributed by atoms with E-state index in [0.717, 1.165) is 11.2 Å². The van der Waals surface area contributed by atoms with Gasteiger partial charge in [0, 0.05) is 18.6 Å². The molecule has 2 aromatic rings. The van der Waals surface area contributed by atoms with Gasteiger partial charge in [-0.2, -0.15) is 0 Å². The van der Waals surface area contributed by atoms with Crippen molar-refractivity contribution in [2.75, 3.05) is 27.7 Å². The normalized spacial score (nSPS) is 13.5. The van der Waals surface area contributed by atoms with Gasteiger partial charge in [-0.05, 0) is 19.1 Å². The molecule has 0 aromatic carbocycles. The highest BCUT2D eigenvalue weighted by molar-refractivity contribution is 5.79. The van der Waals surface area contributed by atoms with E-state index >= 15 is 0 Å². The van der Waals surface area contributed by atoms with Gasteiger partial charge in [0.2, 0.25) is 6.04 Å². The maximum absolute atomic E-state index is 12.3. The van der Waals surface area contributed by atoms with Crippen LogP contribution in [0.15, 0.2) is 30.7 Å². The number of ether oxygens (including phenoxy) is 1. The second-order valence-corrected chi connectivity index (χ2v) is 5.39. The van der Waals surface area contributed by atoms with E-state index in [1.807, 2.05) is 57.0 Å². The molecule has 1 atom stereocenters. The van der Waals surface area contributed by atoms with Crippen LogP contribution in [-0.2, 0) is 9.53 Å². The maximum atomic E-state index is 12.3. The van der Waals surface area contributed by atoms with E-state index in [-0.39, 0.29) is 12.0 Å². The van der Waals surface area contributed by atoms with Crippen molar-refractivity contribution in [1.82, 2.24) is 9.38 Å². The highest BCUT2D eigenvalue weighted by atomic mass is 16.5. The molecule has 1 unspecified atom stereocenters. The molecular formula is C14H20N3O2+. The van der Waals surface area contributed by atoms with Crippen LogP contribution in [0.4, 0.5) is 0 Å². The van der Waals surface area contributed by atoms with Crippen LogP contribution in [0.2, 0.25) is 0 Å². The number of carbonyl (C=O) groups excluding carboxylic acids is 1. The van der Waals surface area contributed by atoms with Crippen molar-refractivity contribution in [2.24, 2.45) is 0 Å². The van der Waals surface area contributed by atoms with Crippen molar-refractivity contribution >= 4 is 11.6 Å². The number of quaternary nitrogens is 1. The number of nitrogens with zero attached hydrogens (tertiary/aromatic N) is 3. The van der Waals surface area contributed by atoms with Gasteiger partial charge in [0.25, 0.3) is 0 Å². The summed E-state index contributed by atoms with van der Waals surface area (Å²) in [5, 5.41) is 0. The van der Waals surface area contributed by atoms with E-state index < -0.39 is 0 Å². The zero-order valence-corrected chi connectivity index (χ0v) is 11.8. The van der Waals surface area contributed by atoms with Crippen LogP contribution in [0.5, 0.6) is 0 Å². The van der Waals surface area contributed by atoms with Crippen LogP contribution in [-0.4, -0.2) is 47.6 Å². The highest BCUT2D eigenvalue weighted by Crippen LogP contribution is 2.27. The van der Waals surface area contributed by atoms with Crippen LogP contribution >= 0.6 is 0 Å². The van der Waals surface area contributed by atoms with E-state index in [1.54, 1.807) is 6.20 Å². The molecule has 2 heterocycles. The fourth-order valence-electron chi connectivity index (χ4n) is 2.27. The molecule has 0 radical (unpaired) electrons. The Bertz CT molecular complexity index is 584. The Morgan fingerprint density at radius 3 is 2.79 bits per heavy atom. The Hall–Kier alpha value is -1.88. The third-order valence-electron chi connectivity index (χ3n) is 3.03. The Morgan fingerprint density at radius 2 is 2.16 bits per heavy atom. The Morgan fingerprint density at radius 1 is 1.42 bits per heavy atom. The third-order valence-corrected chi connectivity index (χ3v) is 3.03. The minimum absolute atomic E-state index is 0.217. The second-order valence-electron chi connectivity index (χ2n) is 5.39. The minimum Gasteiger partial charge on any atom is -0.461 e. The Labute approximate surface area is 113 Å². The summed E-state index contributed by atoms with van der Waals surface area (Å²) < 4.78 is 7.60. The third kappa shape index (κ3) is 2.61. The summed E-state index contributed by atoms with van der Waals surface area (Å²) in [5.41, 5.74) is 1.69. The quantitative estimate of drug-likeness (QED) is 0.621. The maximum Gasteiger partial charge on any atom is 0.370 e. The molecular weight excluding hydrogens is 242 g/mol. The van der Waals surface area contributed by atoms with E-state index in [4.69, 9.17) is 4.74 Å². The molecule has 0 spiro atoms. The van der Waals surface area contributed by atoms with Crippen molar-refractivity contribution in [2.45, 2.75) is 13.0 Å². The SMILES string of the molecule is CCOC(=O)C(c1cccn2ccnc12)[N+](C)(C)C. The van der Waals surface area contributed by atoms with Crippen LogP contribution in [0, 0.1) is 0 Å². The molecule has 2 rings (SSSR count). The number of likely N-dealkylation sites (N-methyl/N-ethyl adjacent to an activating group) is 1. The number of carbonyl (C=O) groups is 1. The van der Waals surface area contributed by atoms with Gasteiger partial charge in [0.05, 0.1) is 33.3 Å². The molecule has 0 aliphatic rings. The van der Waals surface area contributed by atoms with Crippen molar-refractivity contribution in [1.29, 1.82) is 0 Å². The number of hydrogen-bond donors (Lipinski definition) is 0. The number of esters is 1. The molecule has 19 heavy (non-hydrogen) atoms. The summed E-state index contributed by atoms with van der Waals surface area (Å²) >= 11 is 0. The van der Waals surface area contributed by atoms with Crippen LogP contribution < -0.4 is 0 Å². The van der Waals surface area contributed by atoms with Gasteiger partial charge in [-0.25, -0.2) is 9.78 Å². The number of fused-ring (bicyclic) bond motifs is 1. The first-order valence-electron chi connectivity index (χ1n) is 6.34. The smallest absolute Gasteiger partial charge is 0.370 e. The first-order valence-corrected chi connectivity index (χ1v) is 6.34. The number of hydrogen-bond acceptors (Lipinski definition) is 3. The zero-order valence-electron chi connectivity index (χ0n) is 11.8. The highest BCUT2D eigenvalue weighted by Gasteiger charge is 2.36. The van der Waals surface area contributed by atoms with Crippen LogP contribution in [0.3, 0.4) is 0 Å². The van der Waals surface area contributed by atoms with Gasteiger partial charge >= 0.3 is 5.97 Å². The number of imidazole rings is 1. The van der Waals surface area contributed by atoms with E-state index in [9.17, 15) is 4.79 Å². The summed E-state index contributed by atoms with van der Waals surface area (Å²) in [7, 11) is 5.94. The molecule has 0 fully saturated rings. The second kappa shape index (κ2) is 5.01. The lowest BCUT2D eigenvalue weighted by Crippen LogP contribution is -2.44. The summed E-state index contributed by atoms with van der Waals surface area (Å²) in [5.74, 6) is -0.217. The average molecular weight is 262 g/mol. The molecule has 5 nitrogen and oxygen atoms in total. The molecule has 0 aliphatic carbocycles. The van der Waals surface area contributed by atoms with Gasteiger partial charge in [-0.1, -0.05) is 0 Å². The first kappa shape index (κ1) is 13.5. The van der Waals surface area contributed by atoms with Gasteiger partial charge in [-0.15, -0.1) is 0 Å². The van der Waals surface area contributed by atoms with Gasteiger partial charge in [0.15, 0.2) is 0 Å². The monoisotopic (exact) mass is 262 g/mol. The summed E-state index contributed by atoms with van der Waals surface area (Å²) in [6.45, 7) is 2.20. The van der Waals surface area contributed by atoms with Crippen LogP contribution in [0.25, 0.3) is 5.65 Å². The predicted octanol–water partition coefficient (Wildman–Crippen LogP) is 1.64. The molecule has 0 amide bonds. The van der Waals surface area contributed by atoms with Crippen molar-refractivity contribution in [3.8, 4) is 0 Å². The lowest BCUT2D eigenvalue weighted by molar-refractivity contribution is -0.893. The molecule has 5 heteroatoms. The van der Waals surface area contributed by atoms with Gasteiger partial charge in [0.1, 0.15) is 5.65 Å². The predicted molar refractivity (Wildman–Crippen MR) is 72.6 cm³/mol.